The first-order valence-corrected chi connectivity index (χ1v) is 6.05. The van der Waals surface area contributed by atoms with E-state index in [0.717, 1.165) is 24.6 Å². The first-order chi connectivity index (χ1) is 9.61. The van der Waals surface area contributed by atoms with E-state index in [1.165, 1.54) is 6.33 Å². The van der Waals surface area contributed by atoms with E-state index in [9.17, 15) is 14.5 Å². The van der Waals surface area contributed by atoms with Crippen LogP contribution in [-0.2, 0) is 13.2 Å². The lowest BCUT2D eigenvalue weighted by molar-refractivity contribution is -0.386. The highest BCUT2D eigenvalue weighted by Gasteiger charge is 2.16. The zero-order valence-electron chi connectivity index (χ0n) is 10.8. The van der Waals surface area contributed by atoms with Crippen molar-refractivity contribution in [3.63, 3.8) is 0 Å². The van der Waals surface area contributed by atoms with Crippen LogP contribution in [0, 0.1) is 15.9 Å². The third kappa shape index (κ3) is 3.08. The second kappa shape index (κ2) is 6.09. The van der Waals surface area contributed by atoms with Crippen LogP contribution >= 0.6 is 0 Å². The second-order valence-corrected chi connectivity index (χ2v) is 4.06. The summed E-state index contributed by atoms with van der Waals surface area (Å²) < 4.78 is 20.1. The Bertz CT molecular complexity index is 614. The summed E-state index contributed by atoms with van der Waals surface area (Å²) in [5, 5.41) is 14.8. The van der Waals surface area contributed by atoms with Crippen LogP contribution in [0.15, 0.2) is 24.5 Å². The zero-order chi connectivity index (χ0) is 14.5. The molecule has 0 N–H and O–H groups in total. The Balaban J connectivity index is 2.16. The molecule has 2 aromatic rings. The normalized spacial score (nSPS) is 10.5. The molecule has 7 nitrogen and oxygen atoms in total. The van der Waals surface area contributed by atoms with Crippen molar-refractivity contribution in [2.24, 2.45) is 0 Å². The molecule has 2 rings (SSSR count). The van der Waals surface area contributed by atoms with E-state index in [1.54, 1.807) is 4.68 Å². The Morgan fingerprint density at radius 2 is 2.30 bits per heavy atom. The van der Waals surface area contributed by atoms with Gasteiger partial charge in [0.15, 0.2) is 11.6 Å². The van der Waals surface area contributed by atoms with Gasteiger partial charge in [0.2, 0.25) is 0 Å². The number of ether oxygens (including phenoxy) is 1. The largest absolute Gasteiger partial charge is 0.479 e. The van der Waals surface area contributed by atoms with E-state index in [4.69, 9.17) is 4.74 Å². The van der Waals surface area contributed by atoms with Crippen LogP contribution in [0.1, 0.15) is 19.2 Å². The maximum absolute atomic E-state index is 13.1. The molecule has 0 amide bonds. The molecule has 0 aliphatic carbocycles. The number of hydrogen-bond acceptors (Lipinski definition) is 5. The van der Waals surface area contributed by atoms with Crippen molar-refractivity contribution in [2.45, 2.75) is 26.5 Å². The molecule has 0 aliphatic rings. The van der Waals surface area contributed by atoms with Crippen molar-refractivity contribution in [1.82, 2.24) is 14.8 Å². The minimum atomic E-state index is -0.620. The van der Waals surface area contributed by atoms with Crippen LogP contribution in [0.25, 0.3) is 0 Å². The summed E-state index contributed by atoms with van der Waals surface area (Å²) in [6.07, 6.45) is 2.25. The molecule has 20 heavy (non-hydrogen) atoms. The highest BCUT2D eigenvalue weighted by molar-refractivity contribution is 5.46. The van der Waals surface area contributed by atoms with Gasteiger partial charge in [0.25, 0.3) is 0 Å². The standard InChI is InChI=1S/C12H13FN4O3/c1-2-5-16-12(14-8-15-16)7-20-11-6-9(13)3-4-10(11)17(18)19/h3-4,6,8H,2,5,7H2,1H3. The van der Waals surface area contributed by atoms with Gasteiger partial charge in [-0.25, -0.2) is 14.1 Å². The van der Waals surface area contributed by atoms with Crippen molar-refractivity contribution in [3.05, 3.63) is 46.3 Å². The van der Waals surface area contributed by atoms with Crippen LogP contribution in [-0.4, -0.2) is 19.7 Å². The van der Waals surface area contributed by atoms with Crippen LogP contribution in [0.2, 0.25) is 0 Å². The van der Waals surface area contributed by atoms with E-state index in [1.807, 2.05) is 6.92 Å². The average molecular weight is 280 g/mol. The van der Waals surface area contributed by atoms with Crippen LogP contribution < -0.4 is 4.74 Å². The zero-order valence-corrected chi connectivity index (χ0v) is 10.8. The molecule has 0 aliphatic heterocycles. The smallest absolute Gasteiger partial charge is 0.311 e. The Kier molecular flexibility index (Phi) is 4.24. The average Bonchev–Trinajstić information content (AvgIpc) is 2.84. The van der Waals surface area contributed by atoms with Gasteiger partial charge in [0.05, 0.1) is 4.92 Å². The van der Waals surface area contributed by atoms with Crippen LogP contribution in [0.4, 0.5) is 10.1 Å². The van der Waals surface area contributed by atoms with E-state index in [2.05, 4.69) is 10.1 Å². The fourth-order valence-electron chi connectivity index (χ4n) is 1.70. The molecular weight excluding hydrogens is 267 g/mol. The van der Waals surface area contributed by atoms with E-state index >= 15 is 0 Å². The molecule has 0 saturated heterocycles. The monoisotopic (exact) mass is 280 g/mol. The summed E-state index contributed by atoms with van der Waals surface area (Å²) in [7, 11) is 0. The highest BCUT2D eigenvalue weighted by Crippen LogP contribution is 2.28. The molecular formula is C12H13FN4O3. The topological polar surface area (TPSA) is 83.1 Å². The van der Waals surface area contributed by atoms with Crippen molar-refractivity contribution in [3.8, 4) is 5.75 Å². The second-order valence-electron chi connectivity index (χ2n) is 4.06. The van der Waals surface area contributed by atoms with Gasteiger partial charge < -0.3 is 4.74 Å². The third-order valence-corrected chi connectivity index (χ3v) is 2.61. The molecule has 0 spiro atoms. The molecule has 0 radical (unpaired) electrons. The Hall–Kier alpha value is -2.51. The van der Waals surface area contributed by atoms with Crippen LogP contribution in [0.3, 0.4) is 0 Å². The van der Waals surface area contributed by atoms with E-state index < -0.39 is 10.7 Å². The summed E-state index contributed by atoms with van der Waals surface area (Å²) >= 11 is 0. The first-order valence-electron chi connectivity index (χ1n) is 6.05. The number of rotatable bonds is 6. The number of nitrogens with zero attached hydrogens (tertiary/aromatic N) is 4. The lowest BCUT2D eigenvalue weighted by Crippen LogP contribution is -2.09. The molecule has 0 unspecified atom stereocenters. The lowest BCUT2D eigenvalue weighted by atomic mass is 10.3. The van der Waals surface area contributed by atoms with E-state index in [0.29, 0.717) is 12.4 Å². The predicted molar refractivity (Wildman–Crippen MR) is 67.7 cm³/mol. The number of hydrogen-bond donors (Lipinski definition) is 0. The number of aryl methyl sites for hydroxylation is 1. The van der Waals surface area contributed by atoms with Gasteiger partial charge in [-0.15, -0.1) is 0 Å². The number of aromatic nitrogens is 3. The van der Waals surface area contributed by atoms with Crippen molar-refractivity contribution >= 4 is 5.69 Å². The Labute approximate surface area is 114 Å². The summed E-state index contributed by atoms with van der Waals surface area (Å²) in [6, 6.07) is 3.07. The lowest BCUT2D eigenvalue weighted by Gasteiger charge is -2.07. The Morgan fingerprint density at radius 1 is 1.50 bits per heavy atom. The SMILES string of the molecule is CCCn1ncnc1COc1cc(F)ccc1[N+](=O)[O-]. The van der Waals surface area contributed by atoms with Gasteiger partial charge in [0.1, 0.15) is 18.8 Å². The molecule has 0 saturated carbocycles. The Morgan fingerprint density at radius 3 is 3.00 bits per heavy atom. The highest BCUT2D eigenvalue weighted by atomic mass is 19.1. The van der Waals surface area contributed by atoms with Crippen LogP contribution in [0.5, 0.6) is 5.75 Å². The number of nitro groups is 1. The fourth-order valence-corrected chi connectivity index (χ4v) is 1.70. The molecule has 1 aromatic heterocycles. The summed E-state index contributed by atoms with van der Waals surface area (Å²) in [5.41, 5.74) is -0.284. The number of nitro benzene ring substituents is 1. The van der Waals surface area contributed by atoms with Gasteiger partial charge in [-0.3, -0.25) is 10.1 Å². The third-order valence-electron chi connectivity index (χ3n) is 2.61. The molecule has 8 heteroatoms. The van der Waals surface area contributed by atoms with Gasteiger partial charge in [0, 0.05) is 18.7 Å². The van der Waals surface area contributed by atoms with Crippen molar-refractivity contribution < 1.29 is 14.1 Å². The van der Waals surface area contributed by atoms with Gasteiger partial charge >= 0.3 is 5.69 Å². The molecule has 1 heterocycles. The summed E-state index contributed by atoms with van der Waals surface area (Å²) in [5.74, 6) is -0.188. The molecule has 0 bridgehead atoms. The van der Waals surface area contributed by atoms with Gasteiger partial charge in [-0.05, 0) is 12.5 Å². The van der Waals surface area contributed by atoms with Crippen molar-refractivity contribution in [1.29, 1.82) is 0 Å². The summed E-state index contributed by atoms with van der Waals surface area (Å²) in [4.78, 5) is 14.2. The minimum Gasteiger partial charge on any atom is -0.479 e. The maximum atomic E-state index is 13.1. The maximum Gasteiger partial charge on any atom is 0.311 e. The van der Waals surface area contributed by atoms with Gasteiger partial charge in [-0.1, -0.05) is 6.92 Å². The predicted octanol–water partition coefficient (Wildman–Crippen LogP) is 2.31. The molecule has 0 atom stereocenters. The first kappa shape index (κ1) is 13.9. The molecule has 106 valence electrons. The van der Waals surface area contributed by atoms with E-state index in [-0.39, 0.29) is 18.0 Å². The van der Waals surface area contributed by atoms with Gasteiger partial charge in [-0.2, -0.15) is 5.10 Å². The van der Waals surface area contributed by atoms with Crippen molar-refractivity contribution in [2.75, 3.05) is 0 Å². The fraction of sp³-hybridized carbons (Fsp3) is 0.333. The molecule has 0 fully saturated rings. The number of benzene rings is 1. The number of halogens is 1. The summed E-state index contributed by atoms with van der Waals surface area (Å²) in [6.45, 7) is 2.65. The molecule has 1 aromatic carbocycles. The quantitative estimate of drug-likeness (QED) is 0.599. The minimum absolute atomic E-state index is 0.00963.